The number of para-hydroxylation sites is 1. The third-order valence-corrected chi connectivity index (χ3v) is 4.48. The summed E-state index contributed by atoms with van der Waals surface area (Å²) in [5.74, 6) is -0.922. The normalized spacial score (nSPS) is 10.8. The molecule has 0 spiro atoms. The minimum atomic E-state index is -0.723. The van der Waals surface area contributed by atoms with Crippen molar-refractivity contribution in [1.82, 2.24) is 0 Å². The fraction of sp³-hybridized carbons (Fsp3) is 0.211. The highest BCUT2D eigenvalue weighted by atomic mass is 32.2. The molecule has 0 saturated carbocycles. The molecular formula is C19H18N2O5S2. The van der Waals surface area contributed by atoms with E-state index >= 15 is 0 Å². The minimum absolute atomic E-state index is 0.0623. The molecule has 28 heavy (non-hydrogen) atoms. The molecule has 0 atom stereocenters. The summed E-state index contributed by atoms with van der Waals surface area (Å²) in [4.78, 5) is 35.3. The van der Waals surface area contributed by atoms with Crippen LogP contribution in [0.25, 0.3) is 0 Å². The molecule has 146 valence electrons. The second-order valence-corrected chi connectivity index (χ2v) is 8.23. The van der Waals surface area contributed by atoms with Crippen LogP contribution in [-0.4, -0.2) is 21.7 Å². The van der Waals surface area contributed by atoms with Gasteiger partial charge in [0.05, 0.1) is 6.42 Å². The molecule has 0 aliphatic carbocycles. The summed E-state index contributed by atoms with van der Waals surface area (Å²) in [7, 11) is 0. The summed E-state index contributed by atoms with van der Waals surface area (Å²) in [5.41, 5.74) is 6.27. The number of ether oxygens (including phenoxy) is 2. The molecule has 0 heterocycles. The highest BCUT2D eigenvalue weighted by Gasteiger charge is 2.26. The Hall–Kier alpha value is -2.78. The number of esters is 2. The zero-order chi connectivity index (χ0) is 20.7. The zero-order valence-electron chi connectivity index (χ0n) is 15.2. The number of nitroso groups, excluding NO2 is 1. The van der Waals surface area contributed by atoms with Gasteiger partial charge in [-0.15, -0.1) is 4.91 Å². The van der Waals surface area contributed by atoms with Crippen molar-refractivity contribution in [3.63, 3.8) is 0 Å². The fourth-order valence-electron chi connectivity index (χ4n) is 2.21. The van der Waals surface area contributed by atoms with Crippen molar-refractivity contribution in [3.8, 4) is 11.5 Å². The summed E-state index contributed by atoms with van der Waals surface area (Å²) >= 11 is 5.62. The number of hydrogen-bond donors (Lipinski definition) is 1. The van der Waals surface area contributed by atoms with E-state index in [-0.39, 0.29) is 22.7 Å². The molecule has 0 amide bonds. The van der Waals surface area contributed by atoms with Crippen molar-refractivity contribution < 1.29 is 19.1 Å². The van der Waals surface area contributed by atoms with Crippen molar-refractivity contribution in [3.05, 3.63) is 64.6 Å². The van der Waals surface area contributed by atoms with Crippen molar-refractivity contribution >= 4 is 41.1 Å². The number of thiocarbonyl (C=S) groups is 1. The average molecular weight is 418 g/mol. The first-order valence-corrected chi connectivity index (χ1v) is 9.32. The maximum Gasteiger partial charge on any atom is 0.347 e. The van der Waals surface area contributed by atoms with E-state index in [1.807, 2.05) is 0 Å². The number of carbonyl (C=O) groups is 2. The van der Waals surface area contributed by atoms with E-state index in [1.54, 1.807) is 50.2 Å². The van der Waals surface area contributed by atoms with Crippen LogP contribution in [0.1, 0.15) is 36.2 Å². The van der Waals surface area contributed by atoms with E-state index in [1.165, 1.54) is 12.1 Å². The number of benzene rings is 2. The quantitative estimate of drug-likeness (QED) is 0.225. The zero-order valence-corrected chi connectivity index (χ0v) is 16.8. The number of nitrogens with zero attached hydrogens (tertiary/aromatic N) is 1. The minimum Gasteiger partial charge on any atom is -0.426 e. The predicted molar refractivity (Wildman–Crippen MR) is 111 cm³/mol. The van der Waals surface area contributed by atoms with Gasteiger partial charge in [-0.05, 0) is 50.2 Å². The fourth-order valence-corrected chi connectivity index (χ4v) is 2.73. The van der Waals surface area contributed by atoms with Gasteiger partial charge in [-0.2, -0.15) is 0 Å². The first-order valence-electron chi connectivity index (χ1n) is 8.14. The van der Waals surface area contributed by atoms with Crippen LogP contribution < -0.4 is 15.2 Å². The van der Waals surface area contributed by atoms with Crippen LogP contribution in [0.2, 0.25) is 0 Å². The third-order valence-electron chi connectivity index (χ3n) is 3.53. The monoisotopic (exact) mass is 418 g/mol. The van der Waals surface area contributed by atoms with Gasteiger partial charge in [0.1, 0.15) is 22.1 Å². The van der Waals surface area contributed by atoms with Crippen LogP contribution in [0.5, 0.6) is 11.5 Å². The molecule has 0 saturated heterocycles. The molecule has 2 N–H and O–H groups in total. The lowest BCUT2D eigenvalue weighted by Gasteiger charge is -2.18. The van der Waals surface area contributed by atoms with Crippen LogP contribution in [0.4, 0.5) is 0 Å². The van der Waals surface area contributed by atoms with Gasteiger partial charge >= 0.3 is 11.9 Å². The maximum atomic E-state index is 12.5. The molecule has 0 bridgehead atoms. The maximum absolute atomic E-state index is 12.5. The Morgan fingerprint density at radius 2 is 1.75 bits per heavy atom. The van der Waals surface area contributed by atoms with Gasteiger partial charge in [-0.25, -0.2) is 4.79 Å². The Morgan fingerprint density at radius 1 is 1.11 bits per heavy atom. The first-order chi connectivity index (χ1) is 13.2. The lowest BCUT2D eigenvalue weighted by molar-refractivity contribution is -0.134. The first kappa shape index (κ1) is 21.5. The van der Waals surface area contributed by atoms with Gasteiger partial charge in [0.25, 0.3) is 0 Å². The van der Waals surface area contributed by atoms with Crippen LogP contribution >= 0.6 is 24.2 Å². The summed E-state index contributed by atoms with van der Waals surface area (Å²) in [6.45, 7) is 3.38. The van der Waals surface area contributed by atoms with Gasteiger partial charge in [0.2, 0.25) is 0 Å². The Morgan fingerprint density at radius 3 is 2.36 bits per heavy atom. The molecule has 7 nitrogen and oxygen atoms in total. The smallest absolute Gasteiger partial charge is 0.347 e. The number of carbonyl (C=O) groups excluding carboxylic acids is 2. The second kappa shape index (κ2) is 9.43. The van der Waals surface area contributed by atoms with E-state index in [9.17, 15) is 14.5 Å². The number of rotatable bonds is 8. The van der Waals surface area contributed by atoms with Crippen LogP contribution in [-0.2, 0) is 4.79 Å². The third kappa shape index (κ3) is 6.14. The topological polar surface area (TPSA) is 108 Å². The van der Waals surface area contributed by atoms with E-state index < -0.39 is 16.7 Å². The number of nitrogens with two attached hydrogens (primary N) is 1. The summed E-state index contributed by atoms with van der Waals surface area (Å²) < 4.78 is 12.7. The van der Waals surface area contributed by atoms with E-state index in [0.717, 1.165) is 11.9 Å². The molecule has 9 heteroatoms. The van der Waals surface area contributed by atoms with E-state index in [2.05, 4.69) is 4.58 Å². The summed E-state index contributed by atoms with van der Waals surface area (Å²) in [6.07, 6.45) is -0.0623. The SMILES string of the molecule is CC(C)(CC(=O)Oc1ccccc1C(=O)Oc1ccc(C(N)=S)cc1)SN=O. The summed E-state index contributed by atoms with van der Waals surface area (Å²) in [5, 5.41) is 0. The Kier molecular flexibility index (Phi) is 7.24. The molecular weight excluding hydrogens is 400 g/mol. The molecule has 0 radical (unpaired) electrons. The largest absolute Gasteiger partial charge is 0.426 e. The van der Waals surface area contributed by atoms with Crippen molar-refractivity contribution in [1.29, 1.82) is 0 Å². The average Bonchev–Trinajstić information content (AvgIpc) is 2.61. The van der Waals surface area contributed by atoms with Gasteiger partial charge in [0.15, 0.2) is 0 Å². The van der Waals surface area contributed by atoms with Crippen LogP contribution in [0.15, 0.2) is 53.1 Å². The van der Waals surface area contributed by atoms with Crippen molar-refractivity contribution in [2.75, 3.05) is 0 Å². The lowest BCUT2D eigenvalue weighted by atomic mass is 10.1. The molecule has 0 aliphatic rings. The van der Waals surface area contributed by atoms with Gasteiger partial charge in [-0.3, -0.25) is 4.79 Å². The Labute approximate surface area is 171 Å². The number of hydrogen-bond acceptors (Lipinski definition) is 8. The molecule has 2 aromatic carbocycles. The predicted octanol–water partition coefficient (Wildman–Crippen LogP) is 4.03. The van der Waals surface area contributed by atoms with Crippen molar-refractivity contribution in [2.24, 2.45) is 10.3 Å². The standard InChI is InChI=1S/C19H18N2O5S2/c1-19(2,28-21-24)11-16(22)26-15-6-4-3-5-14(15)18(23)25-13-9-7-12(8-10-13)17(20)27/h3-10H,11H2,1-2H3,(H2,20,27). The van der Waals surface area contributed by atoms with Gasteiger partial charge in [0, 0.05) is 26.8 Å². The second-order valence-electron chi connectivity index (χ2n) is 6.35. The van der Waals surface area contributed by atoms with Crippen LogP contribution in [0.3, 0.4) is 0 Å². The van der Waals surface area contributed by atoms with Crippen LogP contribution in [0, 0.1) is 4.91 Å². The Bertz CT molecular complexity index is 897. The summed E-state index contributed by atoms with van der Waals surface area (Å²) in [6, 6.07) is 12.6. The lowest BCUT2D eigenvalue weighted by Crippen LogP contribution is -2.23. The molecule has 2 rings (SSSR count). The highest BCUT2D eigenvalue weighted by molar-refractivity contribution is 7.99. The molecule has 0 unspecified atom stereocenters. The molecule has 0 fully saturated rings. The molecule has 0 aliphatic heterocycles. The molecule has 2 aromatic rings. The highest BCUT2D eigenvalue weighted by Crippen LogP contribution is 2.30. The van der Waals surface area contributed by atoms with E-state index in [4.69, 9.17) is 27.4 Å². The van der Waals surface area contributed by atoms with Gasteiger partial charge in [-0.1, -0.05) is 24.4 Å². The molecule has 0 aromatic heterocycles. The van der Waals surface area contributed by atoms with Crippen molar-refractivity contribution in [2.45, 2.75) is 25.0 Å². The van der Waals surface area contributed by atoms with E-state index in [0.29, 0.717) is 11.3 Å². The Balaban J connectivity index is 2.12. The van der Waals surface area contributed by atoms with Gasteiger partial charge < -0.3 is 15.2 Å².